The maximum absolute atomic E-state index is 12.8. The number of hydrogen-bond acceptors (Lipinski definition) is 5. The summed E-state index contributed by atoms with van der Waals surface area (Å²) in [4.78, 5) is 14.7. The third kappa shape index (κ3) is 3.24. The SMILES string of the molecule is Cc1ccc([N+](=O)[O-])cc1S(=O)(=O)Nc1cccc(-c2cnc3n2CCC3)c1. The van der Waals surface area contributed by atoms with Crippen LogP contribution in [-0.2, 0) is 23.0 Å². The number of non-ortho nitro benzene ring substituents is 1. The number of nitro groups is 1. The van der Waals surface area contributed by atoms with Crippen LogP contribution in [0, 0.1) is 17.0 Å². The van der Waals surface area contributed by atoms with Gasteiger partial charge < -0.3 is 4.57 Å². The summed E-state index contributed by atoms with van der Waals surface area (Å²) in [7, 11) is -3.97. The van der Waals surface area contributed by atoms with Crippen LogP contribution in [0.15, 0.2) is 53.6 Å². The van der Waals surface area contributed by atoms with Crippen LogP contribution < -0.4 is 4.72 Å². The van der Waals surface area contributed by atoms with Gasteiger partial charge >= 0.3 is 0 Å². The molecule has 0 fully saturated rings. The van der Waals surface area contributed by atoms with E-state index in [-0.39, 0.29) is 10.6 Å². The van der Waals surface area contributed by atoms with Gasteiger partial charge in [-0.1, -0.05) is 18.2 Å². The third-order valence-electron chi connectivity index (χ3n) is 4.80. The monoisotopic (exact) mass is 398 g/mol. The molecule has 2 heterocycles. The van der Waals surface area contributed by atoms with Crippen molar-refractivity contribution in [3.8, 4) is 11.3 Å². The Morgan fingerprint density at radius 2 is 2.04 bits per heavy atom. The topological polar surface area (TPSA) is 107 Å². The summed E-state index contributed by atoms with van der Waals surface area (Å²) in [5, 5.41) is 11.0. The van der Waals surface area contributed by atoms with Gasteiger partial charge in [-0.2, -0.15) is 0 Å². The molecule has 2 aromatic carbocycles. The van der Waals surface area contributed by atoms with E-state index in [1.807, 2.05) is 6.07 Å². The van der Waals surface area contributed by atoms with Crippen molar-refractivity contribution in [2.45, 2.75) is 31.2 Å². The van der Waals surface area contributed by atoms with Crippen molar-refractivity contribution in [3.63, 3.8) is 0 Å². The number of nitro benzene ring substituents is 1. The molecule has 0 saturated heterocycles. The van der Waals surface area contributed by atoms with Crippen LogP contribution in [0.3, 0.4) is 0 Å². The van der Waals surface area contributed by atoms with Gasteiger partial charge in [-0.25, -0.2) is 13.4 Å². The lowest BCUT2D eigenvalue weighted by Gasteiger charge is -2.12. The van der Waals surface area contributed by atoms with E-state index < -0.39 is 14.9 Å². The number of fused-ring (bicyclic) bond motifs is 1. The largest absolute Gasteiger partial charge is 0.328 e. The maximum atomic E-state index is 12.8. The minimum Gasteiger partial charge on any atom is -0.328 e. The molecule has 3 aromatic rings. The Kier molecular flexibility index (Phi) is 4.38. The van der Waals surface area contributed by atoms with E-state index in [1.54, 1.807) is 31.3 Å². The maximum Gasteiger partial charge on any atom is 0.270 e. The van der Waals surface area contributed by atoms with Gasteiger partial charge in [-0.15, -0.1) is 0 Å². The number of anilines is 1. The lowest BCUT2D eigenvalue weighted by atomic mass is 10.1. The molecule has 0 bridgehead atoms. The Hall–Kier alpha value is -3.20. The van der Waals surface area contributed by atoms with Crippen LogP contribution in [0.4, 0.5) is 11.4 Å². The number of nitrogens with zero attached hydrogens (tertiary/aromatic N) is 3. The van der Waals surface area contributed by atoms with Crippen LogP contribution in [0.25, 0.3) is 11.3 Å². The van der Waals surface area contributed by atoms with Crippen LogP contribution in [0.1, 0.15) is 17.8 Å². The summed E-state index contributed by atoms with van der Waals surface area (Å²) in [6.07, 6.45) is 3.79. The predicted molar refractivity (Wildman–Crippen MR) is 105 cm³/mol. The Morgan fingerprint density at radius 3 is 2.82 bits per heavy atom. The second kappa shape index (κ2) is 6.75. The molecule has 1 aliphatic rings. The van der Waals surface area contributed by atoms with E-state index in [2.05, 4.69) is 14.3 Å². The molecule has 9 heteroatoms. The molecular formula is C19H18N4O4S. The number of nitrogens with one attached hydrogen (secondary N) is 1. The van der Waals surface area contributed by atoms with Crippen molar-refractivity contribution in [1.29, 1.82) is 0 Å². The zero-order valence-corrected chi connectivity index (χ0v) is 15.9. The second-order valence-corrected chi connectivity index (χ2v) is 8.36. The molecule has 0 saturated carbocycles. The van der Waals surface area contributed by atoms with Gasteiger partial charge in [0.05, 0.1) is 21.7 Å². The quantitative estimate of drug-likeness (QED) is 0.523. The summed E-state index contributed by atoms with van der Waals surface area (Å²) in [5.74, 6) is 1.04. The highest BCUT2D eigenvalue weighted by atomic mass is 32.2. The van der Waals surface area contributed by atoms with Crippen molar-refractivity contribution >= 4 is 21.4 Å². The van der Waals surface area contributed by atoms with Crippen molar-refractivity contribution in [3.05, 3.63) is 70.2 Å². The fourth-order valence-corrected chi connectivity index (χ4v) is 4.75. The number of benzene rings is 2. The molecule has 0 aliphatic carbocycles. The molecule has 1 N–H and O–H groups in total. The Morgan fingerprint density at radius 1 is 1.21 bits per heavy atom. The van der Waals surface area contributed by atoms with Gasteiger partial charge in [0.25, 0.3) is 15.7 Å². The summed E-state index contributed by atoms with van der Waals surface area (Å²) in [5.41, 5.74) is 2.35. The van der Waals surface area contributed by atoms with Crippen molar-refractivity contribution in [2.24, 2.45) is 0 Å². The standard InChI is InChI=1S/C19H18N4O4S/c1-13-7-8-16(23(24)25)11-18(13)28(26,27)21-15-5-2-4-14(10-15)17-12-20-19-6-3-9-22(17)19/h2,4-5,7-8,10-12,21H,3,6,9H2,1H3. The number of aromatic nitrogens is 2. The molecule has 4 rings (SSSR count). The molecule has 8 nitrogen and oxygen atoms in total. The first-order valence-electron chi connectivity index (χ1n) is 8.78. The van der Waals surface area contributed by atoms with Gasteiger partial charge in [0.2, 0.25) is 0 Å². The predicted octanol–water partition coefficient (Wildman–Crippen LogP) is 3.51. The number of imidazole rings is 1. The van der Waals surface area contributed by atoms with Gasteiger partial charge in [0, 0.05) is 36.3 Å². The minimum absolute atomic E-state index is 0.114. The molecule has 0 unspecified atom stereocenters. The number of rotatable bonds is 5. The van der Waals surface area contributed by atoms with Gasteiger partial charge in [0.15, 0.2) is 0 Å². The third-order valence-corrected chi connectivity index (χ3v) is 6.33. The van der Waals surface area contributed by atoms with Crippen molar-refractivity contribution in [2.75, 3.05) is 4.72 Å². The summed E-state index contributed by atoms with van der Waals surface area (Å²) < 4.78 is 30.3. The lowest BCUT2D eigenvalue weighted by Crippen LogP contribution is -2.14. The zero-order chi connectivity index (χ0) is 19.9. The van der Waals surface area contributed by atoms with Crippen molar-refractivity contribution in [1.82, 2.24) is 9.55 Å². The molecule has 0 amide bonds. The van der Waals surface area contributed by atoms with E-state index in [0.29, 0.717) is 11.3 Å². The Bertz CT molecular complexity index is 1180. The molecule has 1 aliphatic heterocycles. The van der Waals surface area contributed by atoms with E-state index in [4.69, 9.17) is 0 Å². The average molecular weight is 398 g/mol. The van der Waals surface area contributed by atoms with Gasteiger partial charge in [-0.3, -0.25) is 14.8 Å². The fraction of sp³-hybridized carbons (Fsp3) is 0.211. The molecule has 28 heavy (non-hydrogen) atoms. The highest BCUT2D eigenvalue weighted by Gasteiger charge is 2.21. The van der Waals surface area contributed by atoms with Gasteiger partial charge in [0.1, 0.15) is 5.82 Å². The summed E-state index contributed by atoms with van der Waals surface area (Å²) >= 11 is 0. The highest BCUT2D eigenvalue weighted by Crippen LogP contribution is 2.29. The van der Waals surface area contributed by atoms with Crippen molar-refractivity contribution < 1.29 is 13.3 Å². The highest BCUT2D eigenvalue weighted by molar-refractivity contribution is 7.92. The molecule has 0 atom stereocenters. The van der Waals surface area contributed by atoms with Crippen LogP contribution in [0.5, 0.6) is 0 Å². The molecular weight excluding hydrogens is 380 g/mol. The fourth-order valence-electron chi connectivity index (χ4n) is 3.43. The first kappa shape index (κ1) is 18.2. The molecule has 0 radical (unpaired) electrons. The van der Waals surface area contributed by atoms with Crippen LogP contribution in [-0.4, -0.2) is 22.9 Å². The van der Waals surface area contributed by atoms with E-state index in [1.165, 1.54) is 12.1 Å². The average Bonchev–Trinajstić information content (AvgIpc) is 3.25. The lowest BCUT2D eigenvalue weighted by molar-refractivity contribution is -0.385. The number of aryl methyl sites for hydroxylation is 2. The number of sulfonamides is 1. The normalized spacial score (nSPS) is 13.3. The van der Waals surface area contributed by atoms with E-state index >= 15 is 0 Å². The smallest absolute Gasteiger partial charge is 0.270 e. The summed E-state index contributed by atoms with van der Waals surface area (Å²) in [6.45, 7) is 2.50. The first-order chi connectivity index (χ1) is 13.3. The van der Waals surface area contributed by atoms with Crippen LogP contribution in [0.2, 0.25) is 0 Å². The molecule has 1 aromatic heterocycles. The van der Waals surface area contributed by atoms with Crippen LogP contribution >= 0.6 is 0 Å². The Balaban J connectivity index is 1.68. The molecule has 0 spiro atoms. The van der Waals surface area contributed by atoms with E-state index in [9.17, 15) is 18.5 Å². The second-order valence-electron chi connectivity index (χ2n) is 6.71. The summed E-state index contributed by atoms with van der Waals surface area (Å²) in [6, 6.07) is 10.8. The molecule has 144 valence electrons. The number of hydrogen-bond donors (Lipinski definition) is 1. The zero-order valence-electron chi connectivity index (χ0n) is 15.1. The Labute approximate surface area is 162 Å². The van der Waals surface area contributed by atoms with Gasteiger partial charge in [-0.05, 0) is 31.0 Å². The minimum atomic E-state index is -3.97. The first-order valence-corrected chi connectivity index (χ1v) is 10.3. The van der Waals surface area contributed by atoms with E-state index in [0.717, 1.165) is 42.5 Å².